The molecule has 0 saturated heterocycles. The van der Waals surface area contributed by atoms with Gasteiger partial charge in [0.25, 0.3) is 5.56 Å². The fraction of sp³-hybridized carbons (Fsp3) is 0.231. The predicted molar refractivity (Wildman–Crippen MR) is 77.3 cm³/mol. The van der Waals surface area contributed by atoms with E-state index < -0.39 is 11.2 Å². The molecule has 0 bridgehead atoms. The topological polar surface area (TPSA) is 116 Å². The average Bonchev–Trinajstić information content (AvgIpc) is 2.89. The Hall–Kier alpha value is -2.90. The Kier molecular flexibility index (Phi) is 3.05. The summed E-state index contributed by atoms with van der Waals surface area (Å²) in [5.41, 5.74) is -0.345. The Balaban J connectivity index is 2.31. The van der Waals surface area contributed by atoms with Crippen molar-refractivity contribution >= 4 is 11.2 Å². The summed E-state index contributed by atoms with van der Waals surface area (Å²) in [4.78, 5) is 47.0. The van der Waals surface area contributed by atoms with Gasteiger partial charge in [0.1, 0.15) is 5.52 Å². The van der Waals surface area contributed by atoms with Crippen LogP contribution in [0.4, 0.5) is 0 Å². The Bertz CT molecular complexity index is 976. The van der Waals surface area contributed by atoms with E-state index in [0.29, 0.717) is 18.1 Å². The van der Waals surface area contributed by atoms with E-state index >= 15 is 0 Å². The smallest absolute Gasteiger partial charge is 0.330 e. The Morgan fingerprint density at radius 1 is 1.14 bits per heavy atom. The molecule has 3 N–H and O–H groups in total. The van der Waals surface area contributed by atoms with Gasteiger partial charge in [-0.15, -0.1) is 0 Å². The molecule has 0 spiro atoms. The number of aryl methyl sites for hydroxylation is 1. The fourth-order valence-electron chi connectivity index (χ4n) is 2.19. The van der Waals surface area contributed by atoms with Crippen LogP contribution in [0.3, 0.4) is 0 Å². The number of imidazole rings is 1. The van der Waals surface area contributed by atoms with E-state index in [1.807, 2.05) is 6.92 Å². The highest BCUT2D eigenvalue weighted by Gasteiger charge is 2.13. The highest BCUT2D eigenvalue weighted by molar-refractivity contribution is 5.74. The number of rotatable bonds is 3. The van der Waals surface area contributed by atoms with Crippen LogP contribution in [0.15, 0.2) is 32.6 Å². The van der Waals surface area contributed by atoms with Gasteiger partial charge < -0.3 is 9.97 Å². The highest BCUT2D eigenvalue weighted by atomic mass is 16.2. The zero-order valence-corrected chi connectivity index (χ0v) is 11.3. The minimum absolute atomic E-state index is 0.211. The van der Waals surface area contributed by atoms with Gasteiger partial charge in [0.05, 0.1) is 5.69 Å². The summed E-state index contributed by atoms with van der Waals surface area (Å²) < 4.78 is 1.40. The second-order valence-corrected chi connectivity index (χ2v) is 4.62. The minimum Gasteiger partial charge on any atom is -0.331 e. The highest BCUT2D eigenvalue weighted by Crippen LogP contribution is 2.14. The molecule has 0 fully saturated rings. The van der Waals surface area contributed by atoms with E-state index in [-0.39, 0.29) is 16.7 Å². The third-order valence-corrected chi connectivity index (χ3v) is 3.10. The molecule has 8 nitrogen and oxygen atoms in total. The summed E-state index contributed by atoms with van der Waals surface area (Å²) >= 11 is 0. The standard InChI is InChI=1S/C13H13N5O3/c1-2-6-18-11-9(12(20)17-13(18)21)15-10(16-11)7-4-3-5-8(19)14-7/h3-5H,2,6H2,1H3,(H,14,19)(H,15,16)(H,17,20,21). The van der Waals surface area contributed by atoms with Crippen LogP contribution in [0.2, 0.25) is 0 Å². The van der Waals surface area contributed by atoms with Gasteiger partial charge in [0, 0.05) is 12.6 Å². The maximum Gasteiger partial charge on any atom is 0.330 e. The number of hydrogen-bond donors (Lipinski definition) is 3. The second-order valence-electron chi connectivity index (χ2n) is 4.62. The van der Waals surface area contributed by atoms with Crippen molar-refractivity contribution in [2.24, 2.45) is 0 Å². The first-order valence-electron chi connectivity index (χ1n) is 6.52. The summed E-state index contributed by atoms with van der Waals surface area (Å²) in [7, 11) is 0. The van der Waals surface area contributed by atoms with Gasteiger partial charge in [-0.25, -0.2) is 9.78 Å². The normalized spacial score (nSPS) is 11.1. The SMILES string of the molecule is CCCn1c(=O)[nH]c(=O)c2[nH]c(-c3cccc(=O)[nH]3)nc21. The van der Waals surface area contributed by atoms with Crippen molar-refractivity contribution in [3.8, 4) is 11.5 Å². The number of nitrogens with one attached hydrogen (secondary N) is 3. The van der Waals surface area contributed by atoms with Gasteiger partial charge in [-0.2, -0.15) is 0 Å². The molecule has 0 saturated carbocycles. The Morgan fingerprint density at radius 3 is 2.67 bits per heavy atom. The number of pyridine rings is 1. The van der Waals surface area contributed by atoms with E-state index in [0.717, 1.165) is 6.42 Å². The number of hydrogen-bond acceptors (Lipinski definition) is 4. The molecule has 0 atom stereocenters. The zero-order chi connectivity index (χ0) is 15.0. The number of H-pyrrole nitrogens is 3. The monoisotopic (exact) mass is 287 g/mol. The average molecular weight is 287 g/mol. The third-order valence-electron chi connectivity index (χ3n) is 3.10. The van der Waals surface area contributed by atoms with Gasteiger partial charge in [-0.05, 0) is 12.5 Å². The first kappa shape index (κ1) is 13.1. The number of aromatic amines is 3. The molecule has 3 heterocycles. The lowest BCUT2D eigenvalue weighted by Gasteiger charge is -2.02. The lowest BCUT2D eigenvalue weighted by atomic mass is 10.3. The summed E-state index contributed by atoms with van der Waals surface area (Å²) in [6, 6.07) is 4.63. The summed E-state index contributed by atoms with van der Waals surface area (Å²) in [6.45, 7) is 2.37. The predicted octanol–water partition coefficient (Wildman–Crippen LogP) is 0.178. The van der Waals surface area contributed by atoms with E-state index in [2.05, 4.69) is 19.9 Å². The van der Waals surface area contributed by atoms with Crippen LogP contribution < -0.4 is 16.8 Å². The molecule has 0 aliphatic carbocycles. The third kappa shape index (κ3) is 2.20. The van der Waals surface area contributed by atoms with Crippen molar-refractivity contribution in [2.75, 3.05) is 0 Å². The number of nitrogens with zero attached hydrogens (tertiary/aromatic N) is 2. The zero-order valence-electron chi connectivity index (χ0n) is 11.3. The van der Waals surface area contributed by atoms with Crippen molar-refractivity contribution in [2.45, 2.75) is 19.9 Å². The Labute approximate surface area is 117 Å². The molecular weight excluding hydrogens is 274 g/mol. The second kappa shape index (κ2) is 4.89. The molecule has 0 aromatic carbocycles. The van der Waals surface area contributed by atoms with Gasteiger partial charge >= 0.3 is 5.69 Å². The van der Waals surface area contributed by atoms with E-state index in [9.17, 15) is 14.4 Å². The van der Waals surface area contributed by atoms with E-state index in [1.165, 1.54) is 10.6 Å². The van der Waals surface area contributed by atoms with Crippen molar-refractivity contribution in [3.63, 3.8) is 0 Å². The fourth-order valence-corrected chi connectivity index (χ4v) is 2.19. The number of aromatic nitrogens is 5. The summed E-state index contributed by atoms with van der Waals surface area (Å²) in [6.07, 6.45) is 0.728. The maximum absolute atomic E-state index is 11.9. The lowest BCUT2D eigenvalue weighted by Crippen LogP contribution is -2.30. The first-order chi connectivity index (χ1) is 10.1. The molecule has 3 rings (SSSR count). The molecule has 0 amide bonds. The van der Waals surface area contributed by atoms with Crippen LogP contribution in [0.5, 0.6) is 0 Å². The van der Waals surface area contributed by atoms with Gasteiger partial charge in [0.15, 0.2) is 11.5 Å². The van der Waals surface area contributed by atoms with Crippen molar-refractivity contribution in [1.29, 1.82) is 0 Å². The van der Waals surface area contributed by atoms with Crippen molar-refractivity contribution in [3.05, 3.63) is 49.4 Å². The molecule has 0 unspecified atom stereocenters. The number of fused-ring (bicyclic) bond motifs is 1. The van der Waals surface area contributed by atoms with Crippen LogP contribution in [0.1, 0.15) is 13.3 Å². The van der Waals surface area contributed by atoms with Gasteiger partial charge in [-0.1, -0.05) is 13.0 Å². The molecular formula is C13H13N5O3. The van der Waals surface area contributed by atoms with Gasteiger partial charge in [-0.3, -0.25) is 19.1 Å². The van der Waals surface area contributed by atoms with E-state index in [1.54, 1.807) is 12.1 Å². The van der Waals surface area contributed by atoms with Gasteiger partial charge in [0.2, 0.25) is 5.56 Å². The summed E-state index contributed by atoms with van der Waals surface area (Å²) in [5, 5.41) is 0. The molecule has 0 aliphatic heterocycles. The molecule has 3 aromatic rings. The van der Waals surface area contributed by atoms with Crippen molar-refractivity contribution in [1.82, 2.24) is 24.5 Å². The molecule has 8 heteroatoms. The van der Waals surface area contributed by atoms with Crippen LogP contribution >= 0.6 is 0 Å². The van der Waals surface area contributed by atoms with Crippen LogP contribution in [-0.4, -0.2) is 24.5 Å². The lowest BCUT2D eigenvalue weighted by molar-refractivity contribution is 0.653. The quantitative estimate of drug-likeness (QED) is 0.637. The van der Waals surface area contributed by atoms with Crippen LogP contribution in [-0.2, 0) is 6.54 Å². The minimum atomic E-state index is -0.528. The van der Waals surface area contributed by atoms with Crippen molar-refractivity contribution < 1.29 is 0 Å². The summed E-state index contributed by atoms with van der Waals surface area (Å²) in [5.74, 6) is 0.337. The first-order valence-corrected chi connectivity index (χ1v) is 6.52. The molecule has 0 radical (unpaired) electrons. The van der Waals surface area contributed by atoms with Crippen LogP contribution in [0, 0.1) is 0 Å². The molecule has 21 heavy (non-hydrogen) atoms. The Morgan fingerprint density at radius 2 is 1.95 bits per heavy atom. The molecule has 108 valence electrons. The molecule has 3 aromatic heterocycles. The maximum atomic E-state index is 11.9. The largest absolute Gasteiger partial charge is 0.331 e. The van der Waals surface area contributed by atoms with Crippen LogP contribution in [0.25, 0.3) is 22.7 Å². The van der Waals surface area contributed by atoms with E-state index in [4.69, 9.17) is 0 Å². The molecule has 0 aliphatic rings.